The van der Waals surface area contributed by atoms with Gasteiger partial charge in [0, 0.05) is 24.4 Å². The van der Waals surface area contributed by atoms with E-state index in [1.165, 1.54) is 43.0 Å². The van der Waals surface area contributed by atoms with Crippen molar-refractivity contribution in [2.24, 2.45) is 0 Å². The van der Waals surface area contributed by atoms with Crippen LogP contribution in [-0.4, -0.2) is 37.3 Å². The van der Waals surface area contributed by atoms with E-state index in [-0.39, 0.29) is 5.69 Å². The third-order valence-electron chi connectivity index (χ3n) is 7.57. The lowest BCUT2D eigenvalue weighted by atomic mass is 9.95. The maximum absolute atomic E-state index is 13.6. The molecular formula is C31H33N5O5. The molecule has 1 amide bonds. The van der Waals surface area contributed by atoms with E-state index in [0.29, 0.717) is 29.2 Å². The summed E-state index contributed by atoms with van der Waals surface area (Å²) in [6, 6.07) is 18.6. The van der Waals surface area contributed by atoms with Crippen molar-refractivity contribution in [1.29, 1.82) is 0 Å². The van der Waals surface area contributed by atoms with Crippen molar-refractivity contribution >= 4 is 29.0 Å². The molecule has 1 aliphatic carbocycles. The summed E-state index contributed by atoms with van der Waals surface area (Å²) >= 11 is 0. The molecule has 0 aliphatic heterocycles. The number of carboxylic acid groups (broad SMARTS) is 1. The van der Waals surface area contributed by atoms with Gasteiger partial charge in [-0.2, -0.15) is 0 Å². The number of pyridine rings is 1. The Morgan fingerprint density at radius 3 is 2.54 bits per heavy atom. The topological polar surface area (TPSA) is 139 Å². The van der Waals surface area contributed by atoms with Crippen molar-refractivity contribution in [3.8, 4) is 0 Å². The number of nitrogens with zero attached hydrogens (tertiary/aromatic N) is 3. The molecule has 1 fully saturated rings. The zero-order valence-electron chi connectivity index (χ0n) is 22.7. The van der Waals surface area contributed by atoms with Crippen molar-refractivity contribution in [2.75, 3.05) is 5.32 Å². The fourth-order valence-electron chi connectivity index (χ4n) is 5.48. The number of nitrogens with one attached hydrogen (secondary N) is 2. The first-order chi connectivity index (χ1) is 19.9. The number of amides is 1. The standard InChI is InChI=1S/C31H33N5O5/c37-28(38)20-27(22-11-7-14-24(19-22)36(40)41)34-31(39)25-15-8-18-35-29(25)33-26(17-16-21-9-3-1-4-10-21)30(35)32-23-12-5-2-6-13-23/h1,3-4,7-11,14-15,18-19,23,27,32H,2,5-6,12-13,16-17,20H2,(H,34,39)(H,37,38). The first-order valence-corrected chi connectivity index (χ1v) is 14.0. The Morgan fingerprint density at radius 1 is 1.02 bits per heavy atom. The molecular weight excluding hydrogens is 522 g/mol. The zero-order chi connectivity index (χ0) is 28.8. The number of imidazole rings is 1. The quantitative estimate of drug-likeness (QED) is 0.159. The van der Waals surface area contributed by atoms with Crippen LogP contribution in [0.25, 0.3) is 5.65 Å². The largest absolute Gasteiger partial charge is 0.481 e. The van der Waals surface area contributed by atoms with Gasteiger partial charge in [-0.15, -0.1) is 0 Å². The van der Waals surface area contributed by atoms with E-state index in [1.54, 1.807) is 18.2 Å². The highest BCUT2D eigenvalue weighted by Gasteiger charge is 2.25. The number of aliphatic carboxylic acids is 1. The van der Waals surface area contributed by atoms with Crippen LogP contribution in [0.3, 0.4) is 0 Å². The first kappa shape index (κ1) is 27.8. The molecule has 3 N–H and O–H groups in total. The molecule has 0 radical (unpaired) electrons. The van der Waals surface area contributed by atoms with Gasteiger partial charge in [0.2, 0.25) is 0 Å². The molecule has 1 saturated carbocycles. The molecule has 2 heterocycles. The second-order valence-corrected chi connectivity index (χ2v) is 10.5. The number of hydrogen-bond donors (Lipinski definition) is 3. The SMILES string of the molecule is O=C(O)CC(NC(=O)c1cccn2c(NC3CCCCC3)c(CCc3ccccc3)nc12)c1cccc([N+](=O)[O-])c1. The van der Waals surface area contributed by atoms with E-state index in [1.807, 2.05) is 28.8 Å². The van der Waals surface area contributed by atoms with Crippen molar-refractivity contribution < 1.29 is 19.6 Å². The van der Waals surface area contributed by atoms with E-state index < -0.39 is 29.3 Å². The third-order valence-corrected chi connectivity index (χ3v) is 7.57. The molecule has 1 unspecified atom stereocenters. The smallest absolute Gasteiger partial charge is 0.305 e. The van der Waals surface area contributed by atoms with Gasteiger partial charge in [-0.1, -0.05) is 61.7 Å². The minimum atomic E-state index is -1.14. The van der Waals surface area contributed by atoms with Gasteiger partial charge in [-0.25, -0.2) is 4.98 Å². The number of rotatable bonds is 11. The fourth-order valence-corrected chi connectivity index (χ4v) is 5.48. The van der Waals surface area contributed by atoms with Gasteiger partial charge in [0.25, 0.3) is 11.6 Å². The van der Waals surface area contributed by atoms with Gasteiger partial charge in [0.05, 0.1) is 28.6 Å². The number of carboxylic acids is 1. The average Bonchev–Trinajstić information content (AvgIpc) is 3.33. The number of nitro groups is 1. The van der Waals surface area contributed by atoms with E-state index in [9.17, 15) is 24.8 Å². The van der Waals surface area contributed by atoms with Gasteiger partial charge in [0.1, 0.15) is 5.82 Å². The molecule has 5 rings (SSSR count). The first-order valence-electron chi connectivity index (χ1n) is 14.0. The van der Waals surface area contributed by atoms with Gasteiger partial charge >= 0.3 is 5.97 Å². The van der Waals surface area contributed by atoms with E-state index in [4.69, 9.17) is 4.98 Å². The van der Waals surface area contributed by atoms with E-state index >= 15 is 0 Å². The lowest BCUT2D eigenvalue weighted by Crippen LogP contribution is -2.30. The molecule has 212 valence electrons. The van der Waals surface area contributed by atoms with Crippen LogP contribution in [0, 0.1) is 10.1 Å². The van der Waals surface area contributed by atoms with E-state index in [2.05, 4.69) is 22.8 Å². The maximum Gasteiger partial charge on any atom is 0.305 e. The molecule has 0 bridgehead atoms. The Labute approximate surface area is 237 Å². The fraction of sp³-hybridized carbons (Fsp3) is 0.323. The summed E-state index contributed by atoms with van der Waals surface area (Å²) in [5.74, 6) is -0.765. The van der Waals surface area contributed by atoms with Crippen LogP contribution in [0.2, 0.25) is 0 Å². The maximum atomic E-state index is 13.6. The summed E-state index contributed by atoms with van der Waals surface area (Å²) in [6.07, 6.45) is 8.65. The van der Waals surface area contributed by atoms with Crippen LogP contribution in [0.5, 0.6) is 0 Å². The number of nitro benzene ring substituents is 1. The third kappa shape index (κ3) is 6.71. The summed E-state index contributed by atoms with van der Waals surface area (Å²) in [5, 5.41) is 27.3. The van der Waals surface area contributed by atoms with Gasteiger partial charge in [0.15, 0.2) is 5.65 Å². The number of anilines is 1. The minimum Gasteiger partial charge on any atom is -0.481 e. The number of aryl methyl sites for hydroxylation is 2. The van der Waals surface area contributed by atoms with Crippen molar-refractivity contribution in [3.05, 3.63) is 105 Å². The van der Waals surface area contributed by atoms with Crippen molar-refractivity contribution in [2.45, 2.75) is 63.5 Å². The van der Waals surface area contributed by atoms with Crippen LogP contribution >= 0.6 is 0 Å². The molecule has 0 saturated heterocycles. The second kappa shape index (κ2) is 12.6. The molecule has 10 nitrogen and oxygen atoms in total. The van der Waals surface area contributed by atoms with Gasteiger partial charge in [-0.05, 0) is 48.9 Å². The Kier molecular flexibility index (Phi) is 8.57. The van der Waals surface area contributed by atoms with Crippen molar-refractivity contribution in [1.82, 2.24) is 14.7 Å². The van der Waals surface area contributed by atoms with Crippen LogP contribution in [0.4, 0.5) is 11.5 Å². The summed E-state index contributed by atoms with van der Waals surface area (Å²) in [6.45, 7) is 0. The highest BCUT2D eigenvalue weighted by atomic mass is 16.6. The number of carbonyl (C=O) groups excluding carboxylic acids is 1. The summed E-state index contributed by atoms with van der Waals surface area (Å²) < 4.78 is 1.91. The zero-order valence-corrected chi connectivity index (χ0v) is 22.7. The highest BCUT2D eigenvalue weighted by molar-refractivity contribution is 6.00. The van der Waals surface area contributed by atoms with Crippen LogP contribution in [0.1, 0.15) is 71.7 Å². The molecule has 41 heavy (non-hydrogen) atoms. The monoisotopic (exact) mass is 555 g/mol. The summed E-state index contributed by atoms with van der Waals surface area (Å²) in [7, 11) is 0. The highest BCUT2D eigenvalue weighted by Crippen LogP contribution is 2.28. The van der Waals surface area contributed by atoms with Crippen LogP contribution < -0.4 is 10.6 Å². The lowest BCUT2D eigenvalue weighted by Gasteiger charge is -2.24. The molecule has 0 spiro atoms. The Hall–Kier alpha value is -4.73. The molecule has 1 aliphatic rings. The van der Waals surface area contributed by atoms with Crippen LogP contribution in [-0.2, 0) is 17.6 Å². The average molecular weight is 556 g/mol. The summed E-state index contributed by atoms with van der Waals surface area (Å²) in [5.41, 5.74) is 2.99. The number of benzene rings is 2. The number of fused-ring (bicyclic) bond motifs is 1. The number of aromatic nitrogens is 2. The molecule has 4 aromatic rings. The summed E-state index contributed by atoms with van der Waals surface area (Å²) in [4.78, 5) is 40.9. The molecule has 2 aromatic heterocycles. The molecule has 1 atom stereocenters. The normalized spacial score (nSPS) is 14.4. The minimum absolute atomic E-state index is 0.177. The lowest BCUT2D eigenvalue weighted by molar-refractivity contribution is -0.384. The predicted molar refractivity (Wildman–Crippen MR) is 155 cm³/mol. The van der Waals surface area contributed by atoms with E-state index in [0.717, 1.165) is 30.8 Å². The number of carbonyl (C=O) groups is 2. The molecule has 10 heteroatoms. The Bertz CT molecular complexity index is 1550. The Morgan fingerprint density at radius 2 is 1.80 bits per heavy atom. The second-order valence-electron chi connectivity index (χ2n) is 10.5. The van der Waals surface area contributed by atoms with Crippen molar-refractivity contribution in [3.63, 3.8) is 0 Å². The molecule has 2 aromatic carbocycles. The number of hydrogen-bond acceptors (Lipinski definition) is 6. The van der Waals surface area contributed by atoms with Gasteiger partial charge in [-0.3, -0.25) is 24.1 Å². The predicted octanol–water partition coefficient (Wildman–Crippen LogP) is 5.72. The Balaban J connectivity index is 1.48. The van der Waals surface area contributed by atoms with Gasteiger partial charge < -0.3 is 15.7 Å². The van der Waals surface area contributed by atoms with Crippen LogP contribution in [0.15, 0.2) is 72.9 Å². The number of non-ortho nitro benzene ring substituents is 1.